The van der Waals surface area contributed by atoms with Crippen LogP contribution < -0.4 is 15.5 Å². The monoisotopic (exact) mass is 794 g/mol. The second-order valence-electron chi connectivity index (χ2n) is 15.1. The van der Waals surface area contributed by atoms with Crippen molar-refractivity contribution in [2.24, 2.45) is 7.05 Å². The lowest BCUT2D eigenvalue weighted by atomic mass is 10.0. The van der Waals surface area contributed by atoms with E-state index in [-0.39, 0.29) is 25.5 Å². The summed E-state index contributed by atoms with van der Waals surface area (Å²) in [6.07, 6.45) is 4.47. The number of likely N-dealkylation sites (tertiary alicyclic amines) is 1. The first-order valence-corrected chi connectivity index (χ1v) is 19.1. The molecule has 2 N–H and O–H groups in total. The molecule has 2 aliphatic heterocycles. The summed E-state index contributed by atoms with van der Waals surface area (Å²) in [7, 11) is 1.76. The van der Waals surface area contributed by atoms with Crippen molar-refractivity contribution in [3.05, 3.63) is 89.3 Å². The summed E-state index contributed by atoms with van der Waals surface area (Å²) in [6.45, 7) is 6.87. The SMILES string of the molecule is Cn1c(C(=O)OC(C)(C)C)cc2cc(NC(=O)[C@H](Cc3ccc(NC(=O)N4CCCCC4)cc3)N3CCN(c4cc(Cl)ccc4-n4cnnn4)C(=O)C3=O)ccc21. The third-order valence-corrected chi connectivity index (χ3v) is 10.2. The van der Waals surface area contributed by atoms with Crippen molar-refractivity contribution < 1.29 is 28.7 Å². The maximum Gasteiger partial charge on any atom is 0.355 e. The molecule has 1 atom stereocenters. The lowest BCUT2D eigenvalue weighted by Gasteiger charge is -2.38. The van der Waals surface area contributed by atoms with Gasteiger partial charge in [0.25, 0.3) is 0 Å². The van der Waals surface area contributed by atoms with E-state index < -0.39 is 35.3 Å². The van der Waals surface area contributed by atoms with E-state index in [9.17, 15) is 24.0 Å². The van der Waals surface area contributed by atoms with Crippen LogP contribution in [0.2, 0.25) is 5.02 Å². The van der Waals surface area contributed by atoms with Gasteiger partial charge in [-0.05, 0) is 111 Å². The van der Waals surface area contributed by atoms with E-state index in [0.717, 1.165) is 24.8 Å². The molecule has 5 amide bonds. The smallest absolute Gasteiger partial charge is 0.355 e. The number of ether oxygens (including phenoxy) is 1. The Bertz CT molecular complexity index is 2330. The van der Waals surface area contributed by atoms with Crippen molar-refractivity contribution in [2.45, 2.75) is 58.1 Å². The Kier molecular flexibility index (Phi) is 11.0. The highest BCUT2D eigenvalue weighted by atomic mass is 35.5. The molecule has 2 saturated heterocycles. The van der Waals surface area contributed by atoms with Gasteiger partial charge in [-0.15, -0.1) is 5.10 Å². The molecule has 7 rings (SSSR count). The van der Waals surface area contributed by atoms with Gasteiger partial charge in [-0.3, -0.25) is 14.4 Å². The van der Waals surface area contributed by atoms with E-state index in [2.05, 4.69) is 26.2 Å². The number of nitrogens with zero attached hydrogens (tertiary/aromatic N) is 8. The molecule has 0 unspecified atom stereocenters. The molecule has 0 spiro atoms. The molecule has 5 aromatic rings. The fraction of sp³-hybridized carbons (Fsp3) is 0.350. The number of tetrazole rings is 1. The predicted octanol–water partition coefficient (Wildman–Crippen LogP) is 5.21. The summed E-state index contributed by atoms with van der Waals surface area (Å²) in [5.41, 5.74) is 2.90. The van der Waals surface area contributed by atoms with Gasteiger partial charge in [-0.2, -0.15) is 4.68 Å². The minimum absolute atomic E-state index is 0.0190. The number of rotatable bonds is 9. The van der Waals surface area contributed by atoms with Crippen LogP contribution in [0.5, 0.6) is 0 Å². The number of carbonyl (C=O) groups excluding carboxylic acids is 5. The highest BCUT2D eigenvalue weighted by molar-refractivity contribution is 6.41. The minimum atomic E-state index is -1.11. The Balaban J connectivity index is 1.15. The third kappa shape index (κ3) is 8.60. The standard InChI is InChI=1S/C40H43ClN10O6/c1-40(2,3)57-38(55)34-22-26-21-29(13-15-30(26)47(34)4)43-35(52)33(20-25-8-11-28(12-9-25)44-39(56)48-16-6-5-7-17-48)50-19-18-49(36(53)37(50)54)32-23-27(41)10-14-31(32)51-24-42-45-46-51/h8-15,21-24,33H,5-7,16-20H2,1-4H3,(H,43,52)(H,44,56)/t33-/m0/s1. The second kappa shape index (κ2) is 16.1. The van der Waals surface area contributed by atoms with E-state index in [0.29, 0.717) is 57.5 Å². The summed E-state index contributed by atoms with van der Waals surface area (Å²) < 4.78 is 8.68. The largest absolute Gasteiger partial charge is 0.455 e. The topological polar surface area (TPSA) is 177 Å². The van der Waals surface area contributed by atoms with Gasteiger partial charge in [0.2, 0.25) is 5.91 Å². The highest BCUT2D eigenvalue weighted by Gasteiger charge is 2.41. The lowest BCUT2D eigenvalue weighted by Crippen LogP contribution is -2.60. The molecule has 2 aliphatic rings. The summed E-state index contributed by atoms with van der Waals surface area (Å²) in [4.78, 5) is 72.5. The Morgan fingerprint density at radius 3 is 2.28 bits per heavy atom. The van der Waals surface area contributed by atoms with Crippen molar-refractivity contribution in [3.8, 4) is 5.69 Å². The molecular formula is C40H43ClN10O6. The van der Waals surface area contributed by atoms with Crippen LogP contribution in [0.15, 0.2) is 73.1 Å². The Hall–Kier alpha value is -6.29. The summed E-state index contributed by atoms with van der Waals surface area (Å²) >= 11 is 6.34. The lowest BCUT2D eigenvalue weighted by molar-refractivity contribution is -0.149. The molecule has 0 bridgehead atoms. The van der Waals surface area contributed by atoms with Gasteiger partial charge in [0.15, 0.2) is 0 Å². The van der Waals surface area contributed by atoms with E-state index in [1.54, 1.807) is 104 Å². The number of aromatic nitrogens is 5. The number of nitrogens with one attached hydrogen (secondary N) is 2. The summed E-state index contributed by atoms with van der Waals surface area (Å²) in [5, 5.41) is 18.2. The van der Waals surface area contributed by atoms with Crippen LogP contribution in [0, 0.1) is 0 Å². The Morgan fingerprint density at radius 2 is 1.58 bits per heavy atom. The van der Waals surface area contributed by atoms with Crippen molar-refractivity contribution in [1.29, 1.82) is 0 Å². The van der Waals surface area contributed by atoms with Gasteiger partial charge in [0.1, 0.15) is 23.7 Å². The molecule has 0 saturated carbocycles. The molecule has 16 nitrogen and oxygen atoms in total. The quantitative estimate of drug-likeness (QED) is 0.150. The molecule has 2 fully saturated rings. The number of carbonyl (C=O) groups is 5. The molecular weight excluding hydrogens is 752 g/mol. The van der Waals surface area contributed by atoms with Crippen LogP contribution in [0.25, 0.3) is 16.6 Å². The average Bonchev–Trinajstić information content (AvgIpc) is 3.84. The van der Waals surface area contributed by atoms with E-state index in [4.69, 9.17) is 16.3 Å². The van der Waals surface area contributed by atoms with E-state index in [1.165, 1.54) is 20.8 Å². The first kappa shape index (κ1) is 39.0. The number of hydrogen-bond donors (Lipinski definition) is 2. The van der Waals surface area contributed by atoms with Crippen LogP contribution in [-0.2, 0) is 32.6 Å². The predicted molar refractivity (Wildman–Crippen MR) is 213 cm³/mol. The normalized spacial score (nSPS) is 15.5. The number of benzene rings is 3. The van der Waals surface area contributed by atoms with E-state index in [1.807, 2.05) is 0 Å². The van der Waals surface area contributed by atoms with Gasteiger partial charge in [-0.25, -0.2) is 9.59 Å². The van der Waals surface area contributed by atoms with Crippen LogP contribution in [0.3, 0.4) is 0 Å². The highest BCUT2D eigenvalue weighted by Crippen LogP contribution is 2.31. The number of fused-ring (bicyclic) bond motifs is 1. The minimum Gasteiger partial charge on any atom is -0.455 e. The van der Waals surface area contributed by atoms with Crippen molar-refractivity contribution in [3.63, 3.8) is 0 Å². The van der Waals surface area contributed by atoms with Gasteiger partial charge in [0.05, 0.1) is 11.4 Å². The average molecular weight is 795 g/mol. The molecule has 0 aliphatic carbocycles. The van der Waals surface area contributed by atoms with Crippen molar-refractivity contribution >= 4 is 69.3 Å². The van der Waals surface area contributed by atoms with Gasteiger partial charge < -0.3 is 34.6 Å². The number of amides is 5. The number of piperazine rings is 1. The van der Waals surface area contributed by atoms with E-state index >= 15 is 0 Å². The van der Waals surface area contributed by atoms with Gasteiger partial charge in [-0.1, -0.05) is 23.7 Å². The number of urea groups is 1. The number of piperidine rings is 1. The number of hydrogen-bond acceptors (Lipinski definition) is 9. The molecule has 296 valence electrons. The van der Waals surface area contributed by atoms with Crippen LogP contribution in [0.1, 0.15) is 56.1 Å². The Morgan fingerprint density at radius 1 is 0.842 bits per heavy atom. The summed E-state index contributed by atoms with van der Waals surface area (Å²) in [5.74, 6) is -2.73. The maximum atomic E-state index is 14.3. The zero-order chi connectivity index (χ0) is 40.4. The molecule has 2 aromatic heterocycles. The van der Waals surface area contributed by atoms with Gasteiger partial charge in [0, 0.05) is 66.9 Å². The maximum absolute atomic E-state index is 14.3. The van der Waals surface area contributed by atoms with Gasteiger partial charge >= 0.3 is 23.8 Å². The van der Waals surface area contributed by atoms with Crippen LogP contribution >= 0.6 is 11.6 Å². The second-order valence-corrected chi connectivity index (χ2v) is 15.5. The number of halogens is 1. The zero-order valence-electron chi connectivity index (χ0n) is 32.1. The first-order valence-electron chi connectivity index (χ1n) is 18.7. The summed E-state index contributed by atoms with van der Waals surface area (Å²) in [6, 6.07) is 17.6. The molecule has 4 heterocycles. The number of anilines is 3. The fourth-order valence-electron chi connectivity index (χ4n) is 7.12. The Labute approximate surface area is 333 Å². The molecule has 57 heavy (non-hydrogen) atoms. The van der Waals surface area contributed by atoms with Crippen LogP contribution in [0.4, 0.5) is 21.9 Å². The number of esters is 1. The van der Waals surface area contributed by atoms with Crippen molar-refractivity contribution in [1.82, 2.24) is 34.6 Å². The third-order valence-electron chi connectivity index (χ3n) is 9.95. The first-order chi connectivity index (χ1) is 27.3. The fourth-order valence-corrected chi connectivity index (χ4v) is 7.29. The van der Waals surface area contributed by atoms with Crippen molar-refractivity contribution in [2.75, 3.05) is 41.7 Å². The zero-order valence-corrected chi connectivity index (χ0v) is 32.8. The molecule has 3 aromatic carbocycles. The molecule has 0 radical (unpaired) electrons. The molecule has 17 heteroatoms. The van der Waals surface area contributed by atoms with Crippen LogP contribution in [-0.4, -0.2) is 102 Å². The number of aryl methyl sites for hydroxylation is 1.